The molecule has 1 heterocycles. The van der Waals surface area contributed by atoms with Gasteiger partial charge in [0.25, 0.3) is 0 Å². The van der Waals surface area contributed by atoms with Crippen LogP contribution in [0.25, 0.3) is 22.5 Å². The summed E-state index contributed by atoms with van der Waals surface area (Å²) in [6.45, 7) is 2.02. The summed E-state index contributed by atoms with van der Waals surface area (Å²) in [5.74, 6) is 0.589. The van der Waals surface area contributed by atoms with E-state index in [1.54, 1.807) is 0 Å². The molecule has 0 fully saturated rings. The average molecular weight is 262 g/mol. The zero-order valence-electron chi connectivity index (χ0n) is 11.2. The highest BCUT2D eigenvalue weighted by Crippen LogP contribution is 2.21. The van der Waals surface area contributed by atoms with Gasteiger partial charge in [-0.2, -0.15) is 0 Å². The van der Waals surface area contributed by atoms with Crippen molar-refractivity contribution in [3.8, 4) is 22.5 Å². The number of benzene rings is 2. The van der Waals surface area contributed by atoms with Gasteiger partial charge >= 0.3 is 5.63 Å². The molecule has 0 saturated carbocycles. The van der Waals surface area contributed by atoms with Crippen molar-refractivity contribution in [2.24, 2.45) is 0 Å². The molecule has 0 N–H and O–H groups in total. The molecule has 0 aliphatic carbocycles. The maximum atomic E-state index is 12.1. The lowest BCUT2D eigenvalue weighted by Gasteiger charge is -2.03. The Hall–Kier alpha value is -2.61. The van der Waals surface area contributed by atoms with Crippen LogP contribution in [0.3, 0.4) is 0 Å². The van der Waals surface area contributed by atoms with E-state index in [4.69, 9.17) is 4.42 Å². The van der Waals surface area contributed by atoms with E-state index in [0.717, 1.165) is 11.1 Å². The molecule has 0 amide bonds. The summed E-state index contributed by atoms with van der Waals surface area (Å²) < 4.78 is 5.42. The molecule has 0 bridgehead atoms. The smallest absolute Gasteiger partial charge is 0.344 e. The fourth-order valence-electron chi connectivity index (χ4n) is 2.12. The van der Waals surface area contributed by atoms with E-state index in [0.29, 0.717) is 11.3 Å². The van der Waals surface area contributed by atoms with Crippen LogP contribution in [0.1, 0.15) is 5.56 Å². The van der Waals surface area contributed by atoms with E-state index < -0.39 is 0 Å². The molecule has 3 aromatic rings. The van der Waals surface area contributed by atoms with Crippen molar-refractivity contribution in [2.45, 2.75) is 6.92 Å². The van der Waals surface area contributed by atoms with Crippen LogP contribution in [-0.2, 0) is 0 Å². The summed E-state index contributed by atoms with van der Waals surface area (Å²) in [5.41, 5.74) is 3.22. The minimum Gasteiger partial charge on any atom is -0.422 e. The van der Waals surface area contributed by atoms with Gasteiger partial charge in [-0.3, -0.25) is 0 Å². The monoisotopic (exact) mass is 262 g/mol. The second-order valence-corrected chi connectivity index (χ2v) is 4.73. The highest BCUT2D eigenvalue weighted by Gasteiger charge is 2.07. The summed E-state index contributed by atoms with van der Waals surface area (Å²) in [6, 6.07) is 21.1. The lowest BCUT2D eigenvalue weighted by Crippen LogP contribution is -2.03. The van der Waals surface area contributed by atoms with E-state index >= 15 is 0 Å². The maximum Gasteiger partial charge on any atom is 0.344 e. The molecule has 0 aliphatic rings. The zero-order chi connectivity index (χ0) is 13.9. The van der Waals surface area contributed by atoms with Gasteiger partial charge in [-0.25, -0.2) is 4.79 Å². The molecule has 1 aromatic heterocycles. The molecular weight excluding hydrogens is 248 g/mol. The number of hydrogen-bond donors (Lipinski definition) is 0. The molecule has 2 aromatic carbocycles. The summed E-state index contributed by atoms with van der Waals surface area (Å²) in [7, 11) is 0. The van der Waals surface area contributed by atoms with Gasteiger partial charge in [-0.05, 0) is 24.6 Å². The van der Waals surface area contributed by atoms with Crippen molar-refractivity contribution in [1.82, 2.24) is 0 Å². The van der Waals surface area contributed by atoms with Gasteiger partial charge in [-0.15, -0.1) is 0 Å². The summed E-state index contributed by atoms with van der Waals surface area (Å²) in [5, 5.41) is 0. The molecule has 0 saturated heterocycles. The third-order valence-corrected chi connectivity index (χ3v) is 3.24. The molecule has 0 radical (unpaired) electrons. The Kier molecular flexibility index (Phi) is 3.21. The van der Waals surface area contributed by atoms with Crippen LogP contribution in [0.2, 0.25) is 0 Å². The highest BCUT2D eigenvalue weighted by molar-refractivity contribution is 5.65. The molecule has 20 heavy (non-hydrogen) atoms. The van der Waals surface area contributed by atoms with Gasteiger partial charge in [0, 0.05) is 5.56 Å². The normalized spacial score (nSPS) is 10.4. The van der Waals surface area contributed by atoms with Gasteiger partial charge < -0.3 is 4.42 Å². The Morgan fingerprint density at radius 2 is 1.45 bits per heavy atom. The molecule has 0 unspecified atom stereocenters. The second kappa shape index (κ2) is 5.17. The molecule has 0 atom stereocenters. The summed E-state index contributed by atoms with van der Waals surface area (Å²) >= 11 is 0. The van der Waals surface area contributed by atoms with E-state index in [2.05, 4.69) is 0 Å². The van der Waals surface area contributed by atoms with E-state index in [1.165, 1.54) is 5.56 Å². The van der Waals surface area contributed by atoms with Crippen molar-refractivity contribution in [1.29, 1.82) is 0 Å². The SMILES string of the molecule is Cc1ccc(-c2ccc(-c3ccccc3)oc2=O)cc1. The predicted molar refractivity (Wildman–Crippen MR) is 80.6 cm³/mol. The van der Waals surface area contributed by atoms with Crippen molar-refractivity contribution in [2.75, 3.05) is 0 Å². The Balaban J connectivity index is 2.04. The predicted octanol–water partition coefficient (Wildman–Crippen LogP) is 4.28. The molecule has 98 valence electrons. The average Bonchev–Trinajstić information content (AvgIpc) is 2.49. The fourth-order valence-corrected chi connectivity index (χ4v) is 2.12. The Morgan fingerprint density at radius 1 is 0.750 bits per heavy atom. The minimum atomic E-state index is -0.310. The largest absolute Gasteiger partial charge is 0.422 e. The quantitative estimate of drug-likeness (QED) is 0.690. The van der Waals surface area contributed by atoms with Crippen LogP contribution < -0.4 is 5.63 Å². The van der Waals surface area contributed by atoms with Gasteiger partial charge in [0.15, 0.2) is 0 Å². The maximum absolute atomic E-state index is 12.1. The number of rotatable bonds is 2. The van der Waals surface area contributed by atoms with Crippen molar-refractivity contribution in [3.05, 3.63) is 82.7 Å². The van der Waals surface area contributed by atoms with E-state index in [9.17, 15) is 4.79 Å². The van der Waals surface area contributed by atoms with Crippen LogP contribution in [-0.4, -0.2) is 0 Å². The zero-order valence-corrected chi connectivity index (χ0v) is 11.2. The topological polar surface area (TPSA) is 30.2 Å². The first-order valence-electron chi connectivity index (χ1n) is 6.51. The van der Waals surface area contributed by atoms with Gasteiger partial charge in [0.1, 0.15) is 5.76 Å². The lowest BCUT2D eigenvalue weighted by molar-refractivity contribution is 0.528. The fraction of sp³-hybridized carbons (Fsp3) is 0.0556. The Bertz CT molecular complexity index is 769. The van der Waals surface area contributed by atoms with E-state index in [1.807, 2.05) is 73.7 Å². The first kappa shape index (κ1) is 12.4. The van der Waals surface area contributed by atoms with Crippen LogP contribution in [0.15, 0.2) is 75.9 Å². The Morgan fingerprint density at radius 3 is 2.10 bits per heavy atom. The van der Waals surface area contributed by atoms with Gasteiger partial charge in [0.05, 0.1) is 5.56 Å². The molecule has 3 rings (SSSR count). The van der Waals surface area contributed by atoms with Gasteiger partial charge in [-0.1, -0.05) is 60.2 Å². The minimum absolute atomic E-state index is 0.310. The number of aryl methyl sites for hydroxylation is 1. The summed E-state index contributed by atoms with van der Waals surface area (Å²) in [4.78, 5) is 12.1. The lowest BCUT2D eigenvalue weighted by atomic mass is 10.1. The van der Waals surface area contributed by atoms with Crippen molar-refractivity contribution in [3.63, 3.8) is 0 Å². The van der Waals surface area contributed by atoms with Crippen LogP contribution in [0, 0.1) is 6.92 Å². The molecule has 2 heteroatoms. The molecule has 2 nitrogen and oxygen atoms in total. The standard InChI is InChI=1S/C18H14O2/c1-13-7-9-14(10-8-13)16-11-12-17(20-18(16)19)15-5-3-2-4-6-15/h2-12H,1H3. The molecule has 0 spiro atoms. The van der Waals surface area contributed by atoms with Crippen molar-refractivity contribution < 1.29 is 4.42 Å². The van der Waals surface area contributed by atoms with E-state index in [-0.39, 0.29) is 5.63 Å². The highest BCUT2D eigenvalue weighted by atomic mass is 16.4. The third-order valence-electron chi connectivity index (χ3n) is 3.24. The summed E-state index contributed by atoms with van der Waals surface area (Å²) in [6.07, 6.45) is 0. The molecular formula is C18H14O2. The van der Waals surface area contributed by atoms with Crippen LogP contribution >= 0.6 is 0 Å². The first-order chi connectivity index (χ1) is 9.74. The molecule has 0 aliphatic heterocycles. The second-order valence-electron chi connectivity index (χ2n) is 4.73. The van der Waals surface area contributed by atoms with Crippen LogP contribution in [0.4, 0.5) is 0 Å². The third kappa shape index (κ3) is 2.41. The first-order valence-corrected chi connectivity index (χ1v) is 6.51. The van der Waals surface area contributed by atoms with Gasteiger partial charge in [0.2, 0.25) is 0 Å². The van der Waals surface area contributed by atoms with Crippen LogP contribution in [0.5, 0.6) is 0 Å². The number of hydrogen-bond acceptors (Lipinski definition) is 2. The van der Waals surface area contributed by atoms with Crippen molar-refractivity contribution >= 4 is 0 Å². The Labute approximate surface area is 117 Å².